The van der Waals surface area contributed by atoms with Gasteiger partial charge in [0.05, 0.1) is 18.2 Å². The first-order valence-corrected chi connectivity index (χ1v) is 8.79. The number of hydrogen-bond acceptors (Lipinski definition) is 4. The summed E-state index contributed by atoms with van der Waals surface area (Å²) in [6, 6.07) is 9.45. The molecule has 0 unspecified atom stereocenters. The van der Waals surface area contributed by atoms with Crippen LogP contribution in [0, 0.1) is 18.7 Å². The van der Waals surface area contributed by atoms with Gasteiger partial charge in [-0.25, -0.2) is 9.18 Å². The van der Waals surface area contributed by atoms with Gasteiger partial charge in [0.15, 0.2) is 0 Å². The minimum Gasteiger partial charge on any atom is -0.465 e. The van der Waals surface area contributed by atoms with Crippen molar-refractivity contribution < 1.29 is 23.5 Å². The molecule has 7 heteroatoms. The van der Waals surface area contributed by atoms with Crippen molar-refractivity contribution in [3.05, 3.63) is 65.0 Å². The number of amides is 2. The summed E-state index contributed by atoms with van der Waals surface area (Å²) in [6.07, 6.45) is 0. The monoisotopic (exact) mass is 386 g/mol. The molecule has 0 heterocycles. The second-order valence-electron chi connectivity index (χ2n) is 6.69. The van der Waals surface area contributed by atoms with Crippen LogP contribution in [-0.4, -0.2) is 30.9 Å². The zero-order valence-electron chi connectivity index (χ0n) is 16.2. The quantitative estimate of drug-likeness (QED) is 0.746. The predicted molar refractivity (Wildman–Crippen MR) is 104 cm³/mol. The first-order chi connectivity index (χ1) is 13.2. The van der Waals surface area contributed by atoms with Crippen LogP contribution in [0.15, 0.2) is 42.5 Å². The van der Waals surface area contributed by atoms with E-state index in [-0.39, 0.29) is 11.5 Å². The number of carbonyl (C=O) groups excluding carboxylic acids is 3. The molecular formula is C21H23FN2O4. The summed E-state index contributed by atoms with van der Waals surface area (Å²) in [4.78, 5) is 36.9. The predicted octanol–water partition coefficient (Wildman–Crippen LogP) is 3.31. The minimum atomic E-state index is -0.895. The number of aryl methyl sites for hydroxylation is 1. The largest absolute Gasteiger partial charge is 0.465 e. The summed E-state index contributed by atoms with van der Waals surface area (Å²) in [5.74, 6) is -2.58. The van der Waals surface area contributed by atoms with Crippen molar-refractivity contribution >= 4 is 23.5 Å². The van der Waals surface area contributed by atoms with E-state index in [9.17, 15) is 18.8 Å². The van der Waals surface area contributed by atoms with E-state index in [1.807, 2.05) is 0 Å². The van der Waals surface area contributed by atoms with E-state index >= 15 is 0 Å². The highest BCUT2D eigenvalue weighted by molar-refractivity contribution is 6.02. The van der Waals surface area contributed by atoms with Crippen molar-refractivity contribution in [2.75, 3.05) is 12.4 Å². The Morgan fingerprint density at radius 1 is 1.07 bits per heavy atom. The molecule has 2 aromatic rings. The van der Waals surface area contributed by atoms with Gasteiger partial charge >= 0.3 is 5.97 Å². The highest BCUT2D eigenvalue weighted by Crippen LogP contribution is 2.19. The van der Waals surface area contributed by atoms with Gasteiger partial charge in [0.1, 0.15) is 11.9 Å². The molecule has 0 spiro atoms. The number of anilines is 1. The Hall–Kier alpha value is -3.22. The van der Waals surface area contributed by atoms with Crippen LogP contribution in [0.2, 0.25) is 0 Å². The lowest BCUT2D eigenvalue weighted by Gasteiger charge is -2.22. The molecule has 0 fully saturated rings. The van der Waals surface area contributed by atoms with Crippen LogP contribution >= 0.6 is 0 Å². The SMILES string of the molecule is COC(=O)c1ccc(C)c(NC(=O)[C@@H](NC(=O)c2ccccc2F)C(C)C)c1. The fourth-order valence-electron chi connectivity index (χ4n) is 2.61. The molecule has 0 radical (unpaired) electrons. The summed E-state index contributed by atoms with van der Waals surface area (Å²) < 4.78 is 18.5. The molecule has 2 amide bonds. The van der Waals surface area contributed by atoms with Gasteiger partial charge in [-0.2, -0.15) is 0 Å². The summed E-state index contributed by atoms with van der Waals surface area (Å²) in [6.45, 7) is 5.31. The molecule has 0 aliphatic heterocycles. The second-order valence-corrected chi connectivity index (χ2v) is 6.69. The van der Waals surface area contributed by atoms with Gasteiger partial charge in [-0.1, -0.05) is 32.0 Å². The average molecular weight is 386 g/mol. The van der Waals surface area contributed by atoms with E-state index in [2.05, 4.69) is 10.6 Å². The summed E-state index contributed by atoms with van der Waals surface area (Å²) in [5, 5.41) is 5.31. The molecule has 2 N–H and O–H groups in total. The third-order valence-electron chi connectivity index (χ3n) is 4.27. The molecule has 6 nitrogen and oxygen atoms in total. The summed E-state index contributed by atoms with van der Waals surface area (Å²) >= 11 is 0. The van der Waals surface area contributed by atoms with Gasteiger partial charge in [0.25, 0.3) is 5.91 Å². The third kappa shape index (κ3) is 4.94. The minimum absolute atomic E-state index is 0.134. The lowest BCUT2D eigenvalue weighted by Crippen LogP contribution is -2.47. The maximum Gasteiger partial charge on any atom is 0.337 e. The number of halogens is 1. The topological polar surface area (TPSA) is 84.5 Å². The average Bonchev–Trinajstić information content (AvgIpc) is 2.66. The number of benzene rings is 2. The van der Waals surface area contributed by atoms with Crippen molar-refractivity contribution in [3.63, 3.8) is 0 Å². The van der Waals surface area contributed by atoms with Crippen LogP contribution in [0.4, 0.5) is 10.1 Å². The number of ether oxygens (including phenoxy) is 1. The van der Waals surface area contributed by atoms with Gasteiger partial charge in [-0.15, -0.1) is 0 Å². The Labute approximate surface area is 163 Å². The lowest BCUT2D eigenvalue weighted by atomic mass is 10.0. The maximum atomic E-state index is 13.8. The van der Waals surface area contributed by atoms with E-state index in [4.69, 9.17) is 4.74 Å². The van der Waals surface area contributed by atoms with E-state index < -0.39 is 29.6 Å². The van der Waals surface area contributed by atoms with Gasteiger partial charge in [0, 0.05) is 5.69 Å². The van der Waals surface area contributed by atoms with Crippen molar-refractivity contribution in [2.45, 2.75) is 26.8 Å². The van der Waals surface area contributed by atoms with E-state index in [1.165, 1.54) is 31.4 Å². The van der Waals surface area contributed by atoms with Crippen molar-refractivity contribution in [1.29, 1.82) is 0 Å². The molecule has 148 valence electrons. The number of nitrogens with one attached hydrogen (secondary N) is 2. The Morgan fingerprint density at radius 3 is 2.36 bits per heavy atom. The Bertz CT molecular complexity index is 896. The van der Waals surface area contributed by atoms with Crippen molar-refractivity contribution in [3.8, 4) is 0 Å². The standard InChI is InChI=1S/C21H23FN2O4/c1-12(2)18(24-19(25)15-7-5-6-8-16(15)22)20(26)23-17-11-14(21(27)28-4)10-9-13(17)3/h5-12,18H,1-4H3,(H,23,26)(H,24,25)/t18-/m0/s1. The van der Waals surface area contributed by atoms with Crippen LogP contribution in [0.1, 0.15) is 40.1 Å². The van der Waals surface area contributed by atoms with Gasteiger partial charge in [0.2, 0.25) is 5.91 Å². The van der Waals surface area contributed by atoms with Crippen LogP contribution < -0.4 is 10.6 Å². The molecule has 28 heavy (non-hydrogen) atoms. The van der Waals surface area contributed by atoms with Gasteiger partial charge < -0.3 is 15.4 Å². The normalized spacial score (nSPS) is 11.6. The number of rotatable bonds is 6. The first kappa shape index (κ1) is 21.1. The second kappa shape index (κ2) is 9.12. The fraction of sp³-hybridized carbons (Fsp3) is 0.286. The Morgan fingerprint density at radius 2 is 1.75 bits per heavy atom. The highest BCUT2D eigenvalue weighted by Gasteiger charge is 2.26. The van der Waals surface area contributed by atoms with Crippen LogP contribution in [0.3, 0.4) is 0 Å². The molecule has 0 bridgehead atoms. The van der Waals surface area contributed by atoms with Gasteiger partial charge in [-0.3, -0.25) is 9.59 Å². The molecule has 2 aromatic carbocycles. The third-order valence-corrected chi connectivity index (χ3v) is 4.27. The van der Waals surface area contributed by atoms with Crippen molar-refractivity contribution in [2.24, 2.45) is 5.92 Å². The fourth-order valence-corrected chi connectivity index (χ4v) is 2.61. The van der Waals surface area contributed by atoms with Gasteiger partial charge in [-0.05, 0) is 42.7 Å². The van der Waals surface area contributed by atoms with Crippen molar-refractivity contribution in [1.82, 2.24) is 5.32 Å². The molecule has 0 aliphatic carbocycles. The molecule has 0 aliphatic rings. The number of methoxy groups -OCH3 is 1. The number of hydrogen-bond donors (Lipinski definition) is 2. The maximum absolute atomic E-state index is 13.8. The van der Waals surface area contributed by atoms with Crippen LogP contribution in [0.5, 0.6) is 0 Å². The summed E-state index contributed by atoms with van der Waals surface area (Å²) in [5.41, 5.74) is 1.33. The van der Waals surface area contributed by atoms with Crippen LogP contribution in [0.25, 0.3) is 0 Å². The number of carbonyl (C=O) groups is 3. The molecule has 0 aromatic heterocycles. The Balaban J connectivity index is 2.21. The molecular weight excluding hydrogens is 363 g/mol. The van der Waals surface area contributed by atoms with E-state index in [1.54, 1.807) is 39.0 Å². The molecule has 0 saturated carbocycles. The zero-order chi connectivity index (χ0) is 20.8. The zero-order valence-corrected chi connectivity index (χ0v) is 16.2. The number of esters is 1. The lowest BCUT2D eigenvalue weighted by molar-refractivity contribution is -0.118. The molecule has 1 atom stereocenters. The Kier molecular flexibility index (Phi) is 6.87. The van der Waals surface area contributed by atoms with Crippen LogP contribution in [-0.2, 0) is 9.53 Å². The van der Waals surface area contributed by atoms with E-state index in [0.29, 0.717) is 11.3 Å². The molecule has 0 saturated heterocycles. The molecule has 2 rings (SSSR count). The smallest absolute Gasteiger partial charge is 0.337 e. The summed E-state index contributed by atoms with van der Waals surface area (Å²) in [7, 11) is 1.27. The van der Waals surface area contributed by atoms with E-state index in [0.717, 1.165) is 5.56 Å². The highest BCUT2D eigenvalue weighted by atomic mass is 19.1. The first-order valence-electron chi connectivity index (χ1n) is 8.79.